The van der Waals surface area contributed by atoms with Gasteiger partial charge < -0.3 is 15.0 Å². The lowest BCUT2D eigenvalue weighted by Crippen LogP contribution is -2.54. The first-order valence-corrected chi connectivity index (χ1v) is 10.3. The number of anilines is 1. The number of halogens is 1. The van der Waals surface area contributed by atoms with Crippen molar-refractivity contribution < 1.29 is 18.7 Å². The number of aromatic nitrogens is 1. The Labute approximate surface area is 173 Å². The summed E-state index contributed by atoms with van der Waals surface area (Å²) in [5, 5.41) is 3.49. The van der Waals surface area contributed by atoms with Crippen molar-refractivity contribution in [3.8, 4) is 5.75 Å². The van der Waals surface area contributed by atoms with Gasteiger partial charge in [0.25, 0.3) is 5.91 Å². The summed E-state index contributed by atoms with van der Waals surface area (Å²) in [7, 11) is 0. The van der Waals surface area contributed by atoms with Gasteiger partial charge in [-0.3, -0.25) is 14.5 Å². The molecule has 2 aromatic rings. The van der Waals surface area contributed by atoms with Crippen molar-refractivity contribution in [3.63, 3.8) is 0 Å². The molecule has 3 rings (SSSR count). The summed E-state index contributed by atoms with van der Waals surface area (Å²) in [6.07, 6.45) is 0. The smallest absolute Gasteiger partial charge is 0.260 e. The first-order valence-electron chi connectivity index (χ1n) is 9.48. The first-order chi connectivity index (χ1) is 13.8. The molecule has 0 saturated carbocycles. The second-order valence-corrected chi connectivity index (χ2v) is 8.19. The summed E-state index contributed by atoms with van der Waals surface area (Å²) >= 11 is 1.47. The molecule has 1 aromatic carbocycles. The fourth-order valence-corrected chi connectivity index (χ4v) is 3.85. The van der Waals surface area contributed by atoms with Gasteiger partial charge in [-0.15, -0.1) is 11.3 Å². The van der Waals surface area contributed by atoms with Crippen LogP contribution in [0.2, 0.25) is 0 Å². The van der Waals surface area contributed by atoms with E-state index in [1.54, 1.807) is 4.90 Å². The zero-order valence-corrected chi connectivity index (χ0v) is 17.6. The number of carbonyl (C=O) groups excluding carboxylic acids is 2. The van der Waals surface area contributed by atoms with E-state index in [2.05, 4.69) is 10.3 Å². The number of amides is 2. The topological polar surface area (TPSA) is 74.8 Å². The number of thiazole rings is 1. The number of aryl methyl sites for hydroxylation is 2. The number of nitrogens with one attached hydrogen (secondary N) is 1. The molecule has 1 atom stereocenters. The molecular weight excluding hydrogens is 395 g/mol. The zero-order chi connectivity index (χ0) is 21.0. The largest absolute Gasteiger partial charge is 0.484 e. The lowest BCUT2D eigenvalue weighted by molar-refractivity contribution is -0.135. The standard InChI is InChI=1S/C20H25FN4O3S/c1-13-15(3)29-20(22-13)23-19(27)14(2)24-8-10-25(11-9-24)18(26)12-28-17-6-4-16(21)5-7-17/h4-7,14H,8-12H2,1-3H3,(H,22,23,27). The van der Waals surface area contributed by atoms with Crippen LogP contribution >= 0.6 is 11.3 Å². The van der Waals surface area contributed by atoms with Crippen LogP contribution in [0, 0.1) is 19.7 Å². The van der Waals surface area contributed by atoms with Gasteiger partial charge >= 0.3 is 0 Å². The lowest BCUT2D eigenvalue weighted by Gasteiger charge is -2.37. The van der Waals surface area contributed by atoms with Gasteiger partial charge in [-0.25, -0.2) is 9.37 Å². The van der Waals surface area contributed by atoms with Crippen LogP contribution in [0.4, 0.5) is 9.52 Å². The van der Waals surface area contributed by atoms with Gasteiger partial charge in [0.2, 0.25) is 5.91 Å². The number of ether oxygens (including phenoxy) is 1. The number of carbonyl (C=O) groups is 2. The Balaban J connectivity index is 1.44. The summed E-state index contributed by atoms with van der Waals surface area (Å²) in [6, 6.07) is 5.25. The van der Waals surface area contributed by atoms with Gasteiger partial charge in [0.15, 0.2) is 11.7 Å². The molecule has 9 heteroatoms. The van der Waals surface area contributed by atoms with E-state index in [4.69, 9.17) is 4.74 Å². The van der Waals surface area contributed by atoms with Crippen molar-refractivity contribution in [2.75, 3.05) is 38.1 Å². The highest BCUT2D eigenvalue weighted by Gasteiger charge is 2.28. The van der Waals surface area contributed by atoms with E-state index in [9.17, 15) is 14.0 Å². The van der Waals surface area contributed by atoms with Crippen LogP contribution in [-0.4, -0.2) is 65.4 Å². The molecule has 2 amide bonds. The SMILES string of the molecule is Cc1nc(NC(=O)C(C)N2CCN(C(=O)COc3ccc(F)cc3)CC2)sc1C. The van der Waals surface area contributed by atoms with Crippen LogP contribution in [0.25, 0.3) is 0 Å². The maximum atomic E-state index is 12.9. The summed E-state index contributed by atoms with van der Waals surface area (Å²) in [4.78, 5) is 34.1. The molecule has 7 nitrogen and oxygen atoms in total. The molecule has 1 N–H and O–H groups in total. The Hall–Kier alpha value is -2.52. The Morgan fingerprint density at radius 3 is 2.45 bits per heavy atom. The van der Waals surface area contributed by atoms with Crippen molar-refractivity contribution in [3.05, 3.63) is 40.7 Å². The summed E-state index contributed by atoms with van der Waals surface area (Å²) in [5.41, 5.74) is 0.924. The second kappa shape index (κ2) is 9.32. The fourth-order valence-electron chi connectivity index (χ4n) is 3.03. The minimum absolute atomic E-state index is 0.0928. The molecule has 0 radical (unpaired) electrons. The maximum Gasteiger partial charge on any atom is 0.260 e. The van der Waals surface area contributed by atoms with Gasteiger partial charge in [0.05, 0.1) is 11.7 Å². The highest BCUT2D eigenvalue weighted by molar-refractivity contribution is 7.15. The van der Waals surface area contributed by atoms with E-state index >= 15 is 0 Å². The molecule has 1 unspecified atom stereocenters. The Bertz CT molecular complexity index is 844. The fraction of sp³-hybridized carbons (Fsp3) is 0.450. The number of piperazine rings is 1. The molecule has 1 aromatic heterocycles. The van der Waals surface area contributed by atoms with Crippen LogP contribution in [0.1, 0.15) is 17.5 Å². The molecule has 0 aliphatic carbocycles. The lowest BCUT2D eigenvalue weighted by atomic mass is 10.2. The van der Waals surface area contributed by atoms with Crippen LogP contribution in [0.15, 0.2) is 24.3 Å². The Kier molecular flexibility index (Phi) is 6.81. The van der Waals surface area contributed by atoms with Crippen LogP contribution in [-0.2, 0) is 9.59 Å². The zero-order valence-electron chi connectivity index (χ0n) is 16.8. The molecule has 1 aliphatic heterocycles. The van der Waals surface area contributed by atoms with Crippen LogP contribution in [0.3, 0.4) is 0 Å². The minimum Gasteiger partial charge on any atom is -0.484 e. The molecule has 29 heavy (non-hydrogen) atoms. The van der Waals surface area contributed by atoms with Crippen molar-refractivity contribution in [2.24, 2.45) is 0 Å². The van der Waals surface area contributed by atoms with E-state index in [0.29, 0.717) is 37.1 Å². The van der Waals surface area contributed by atoms with Crippen LogP contribution < -0.4 is 10.1 Å². The second-order valence-electron chi connectivity index (χ2n) is 6.99. The summed E-state index contributed by atoms with van der Waals surface area (Å²) < 4.78 is 18.3. The predicted octanol–water partition coefficient (Wildman–Crippen LogP) is 2.45. The number of hydrogen-bond donors (Lipinski definition) is 1. The Morgan fingerprint density at radius 1 is 1.21 bits per heavy atom. The van der Waals surface area contributed by atoms with Crippen molar-refractivity contribution in [1.29, 1.82) is 0 Å². The quantitative estimate of drug-likeness (QED) is 0.777. The molecule has 1 fully saturated rings. The first kappa shape index (κ1) is 21.2. The maximum absolute atomic E-state index is 12.9. The van der Waals surface area contributed by atoms with E-state index in [1.165, 1.54) is 35.6 Å². The van der Waals surface area contributed by atoms with Gasteiger partial charge in [-0.05, 0) is 45.0 Å². The monoisotopic (exact) mass is 420 g/mol. The molecule has 1 saturated heterocycles. The van der Waals surface area contributed by atoms with Gasteiger partial charge in [-0.2, -0.15) is 0 Å². The molecule has 2 heterocycles. The van der Waals surface area contributed by atoms with E-state index < -0.39 is 0 Å². The third-order valence-corrected chi connectivity index (χ3v) is 6.02. The normalized spacial score (nSPS) is 15.8. The van der Waals surface area contributed by atoms with Crippen molar-refractivity contribution in [2.45, 2.75) is 26.8 Å². The average Bonchev–Trinajstić information content (AvgIpc) is 3.03. The van der Waals surface area contributed by atoms with Crippen LogP contribution in [0.5, 0.6) is 5.75 Å². The number of rotatable bonds is 6. The summed E-state index contributed by atoms with van der Waals surface area (Å²) in [6.45, 7) is 7.92. The average molecular weight is 421 g/mol. The molecule has 0 spiro atoms. The third-order valence-electron chi connectivity index (χ3n) is 5.03. The molecule has 0 bridgehead atoms. The van der Waals surface area contributed by atoms with E-state index in [0.717, 1.165) is 10.6 Å². The predicted molar refractivity (Wildman–Crippen MR) is 110 cm³/mol. The summed E-state index contributed by atoms with van der Waals surface area (Å²) in [5.74, 6) is -0.118. The van der Waals surface area contributed by atoms with Crippen molar-refractivity contribution >= 4 is 28.3 Å². The van der Waals surface area contributed by atoms with E-state index in [-0.39, 0.29) is 30.3 Å². The molecule has 1 aliphatic rings. The Morgan fingerprint density at radius 2 is 1.86 bits per heavy atom. The minimum atomic E-state index is -0.349. The highest BCUT2D eigenvalue weighted by Crippen LogP contribution is 2.21. The van der Waals surface area contributed by atoms with E-state index in [1.807, 2.05) is 25.7 Å². The van der Waals surface area contributed by atoms with Crippen molar-refractivity contribution in [1.82, 2.24) is 14.8 Å². The number of nitrogens with zero attached hydrogens (tertiary/aromatic N) is 3. The van der Waals surface area contributed by atoms with Gasteiger partial charge in [0.1, 0.15) is 11.6 Å². The molecular formula is C20H25FN4O3S. The van der Waals surface area contributed by atoms with Gasteiger partial charge in [-0.1, -0.05) is 0 Å². The highest BCUT2D eigenvalue weighted by atomic mass is 32.1. The van der Waals surface area contributed by atoms with Gasteiger partial charge in [0, 0.05) is 31.1 Å². The molecule has 156 valence electrons. The third kappa shape index (κ3) is 5.51. The number of benzene rings is 1. The number of hydrogen-bond acceptors (Lipinski definition) is 6.